The minimum Gasteiger partial charge on any atom is -0.497 e. The number of halogens is 3. The van der Waals surface area contributed by atoms with Gasteiger partial charge < -0.3 is 4.74 Å². The maximum atomic E-state index is 12.8. The quantitative estimate of drug-likeness (QED) is 0.771. The summed E-state index contributed by atoms with van der Waals surface area (Å²) in [5.74, 6) is 0.124. The molecular weight excluding hydrogens is 367 g/mol. The fourth-order valence-corrected chi connectivity index (χ4v) is 3.98. The first-order valence-electron chi connectivity index (χ1n) is 7.94. The smallest absolute Gasteiger partial charge is 0.416 e. The molecule has 0 aliphatic carbocycles. The predicted octanol–water partition coefficient (Wildman–Crippen LogP) is 4.28. The van der Waals surface area contributed by atoms with Crippen LogP contribution >= 0.6 is 0 Å². The average molecular weight is 387 g/mol. The molecule has 26 heavy (non-hydrogen) atoms. The average Bonchev–Trinajstić information content (AvgIpc) is 2.59. The van der Waals surface area contributed by atoms with Gasteiger partial charge in [0, 0.05) is 6.04 Å². The third-order valence-electron chi connectivity index (χ3n) is 3.86. The van der Waals surface area contributed by atoms with Crippen molar-refractivity contribution < 1.29 is 26.3 Å². The molecule has 1 unspecified atom stereocenters. The summed E-state index contributed by atoms with van der Waals surface area (Å²) in [5.41, 5.74) is -0.0368. The molecule has 4 nitrogen and oxygen atoms in total. The third-order valence-corrected chi connectivity index (χ3v) is 5.22. The van der Waals surface area contributed by atoms with Gasteiger partial charge in [-0.05, 0) is 35.7 Å². The zero-order chi connectivity index (χ0) is 19.4. The van der Waals surface area contributed by atoms with Crippen LogP contribution in [-0.2, 0) is 22.0 Å². The molecule has 0 spiro atoms. The van der Waals surface area contributed by atoms with Crippen LogP contribution in [0.5, 0.6) is 5.75 Å². The van der Waals surface area contributed by atoms with Crippen LogP contribution < -0.4 is 9.46 Å². The maximum absolute atomic E-state index is 12.8. The van der Waals surface area contributed by atoms with Crippen LogP contribution in [0.15, 0.2) is 48.5 Å². The Morgan fingerprint density at radius 3 is 2.31 bits per heavy atom. The molecule has 0 saturated heterocycles. The van der Waals surface area contributed by atoms with Gasteiger partial charge >= 0.3 is 6.18 Å². The van der Waals surface area contributed by atoms with Crippen LogP contribution in [0.1, 0.15) is 36.1 Å². The molecule has 2 aromatic rings. The molecule has 1 N–H and O–H groups in total. The van der Waals surface area contributed by atoms with Crippen molar-refractivity contribution in [3.63, 3.8) is 0 Å². The Balaban J connectivity index is 2.16. The van der Waals surface area contributed by atoms with E-state index in [2.05, 4.69) is 4.72 Å². The predicted molar refractivity (Wildman–Crippen MR) is 93.2 cm³/mol. The zero-order valence-electron chi connectivity index (χ0n) is 14.4. The van der Waals surface area contributed by atoms with Gasteiger partial charge in [-0.3, -0.25) is 0 Å². The Kier molecular flexibility index (Phi) is 6.30. The second-order valence-electron chi connectivity index (χ2n) is 5.81. The lowest BCUT2D eigenvalue weighted by Crippen LogP contribution is -2.29. The van der Waals surface area contributed by atoms with Crippen LogP contribution in [0.4, 0.5) is 13.2 Å². The first-order chi connectivity index (χ1) is 12.1. The lowest BCUT2D eigenvalue weighted by Gasteiger charge is -2.18. The van der Waals surface area contributed by atoms with Crippen LogP contribution in [0.25, 0.3) is 0 Å². The molecule has 0 aliphatic heterocycles. The van der Waals surface area contributed by atoms with E-state index in [0.29, 0.717) is 12.2 Å². The summed E-state index contributed by atoms with van der Waals surface area (Å²) < 4.78 is 70.8. The van der Waals surface area contributed by atoms with Gasteiger partial charge in [0.25, 0.3) is 0 Å². The Morgan fingerprint density at radius 1 is 1.12 bits per heavy atom. The number of nitrogens with one attached hydrogen (secondary N) is 1. The monoisotopic (exact) mass is 387 g/mol. The number of alkyl halides is 3. The van der Waals surface area contributed by atoms with Crippen molar-refractivity contribution in [3.8, 4) is 5.75 Å². The van der Waals surface area contributed by atoms with E-state index >= 15 is 0 Å². The summed E-state index contributed by atoms with van der Waals surface area (Å²) in [4.78, 5) is 0. The number of benzene rings is 2. The van der Waals surface area contributed by atoms with Gasteiger partial charge in [-0.25, -0.2) is 13.1 Å². The number of ether oxygens (including phenoxy) is 1. The Bertz CT molecular complexity index is 834. The second kappa shape index (κ2) is 8.09. The maximum Gasteiger partial charge on any atom is 0.416 e. The van der Waals surface area contributed by atoms with E-state index in [9.17, 15) is 21.6 Å². The van der Waals surface area contributed by atoms with Crippen LogP contribution in [-0.4, -0.2) is 15.5 Å². The van der Waals surface area contributed by atoms with Crippen molar-refractivity contribution in [3.05, 3.63) is 65.2 Å². The highest BCUT2D eigenvalue weighted by Crippen LogP contribution is 2.30. The molecule has 0 amide bonds. The van der Waals surface area contributed by atoms with Gasteiger partial charge in [0.2, 0.25) is 10.0 Å². The van der Waals surface area contributed by atoms with Crippen molar-refractivity contribution in [2.24, 2.45) is 0 Å². The summed E-state index contributed by atoms with van der Waals surface area (Å²) in [7, 11) is -2.29. The summed E-state index contributed by atoms with van der Waals surface area (Å²) in [6, 6.07) is 10.8. The lowest BCUT2D eigenvalue weighted by atomic mass is 10.1. The molecule has 0 fully saturated rings. The Hall–Kier alpha value is -2.06. The molecular formula is C18H20F3NO3S. The molecule has 0 aliphatic rings. The largest absolute Gasteiger partial charge is 0.497 e. The van der Waals surface area contributed by atoms with E-state index in [1.807, 2.05) is 6.92 Å². The summed E-state index contributed by atoms with van der Waals surface area (Å²) in [5, 5.41) is 0. The first kappa shape index (κ1) is 20.3. The molecule has 0 radical (unpaired) electrons. The van der Waals surface area contributed by atoms with Crippen molar-refractivity contribution in [1.29, 1.82) is 0 Å². The molecule has 1 atom stereocenters. The minimum absolute atomic E-state index is 0.0805. The van der Waals surface area contributed by atoms with Gasteiger partial charge in [-0.1, -0.05) is 37.3 Å². The minimum atomic E-state index is -4.51. The van der Waals surface area contributed by atoms with E-state index < -0.39 is 33.6 Å². The lowest BCUT2D eigenvalue weighted by molar-refractivity contribution is -0.137. The summed E-state index contributed by atoms with van der Waals surface area (Å²) >= 11 is 0. The number of sulfonamides is 1. The van der Waals surface area contributed by atoms with Gasteiger partial charge in [-0.2, -0.15) is 13.2 Å². The molecule has 142 valence electrons. The molecule has 2 rings (SSSR count). The number of hydrogen-bond donors (Lipinski definition) is 1. The highest BCUT2D eigenvalue weighted by molar-refractivity contribution is 7.88. The van der Waals surface area contributed by atoms with Crippen molar-refractivity contribution >= 4 is 10.0 Å². The van der Waals surface area contributed by atoms with Gasteiger partial charge in [0.15, 0.2) is 0 Å². The number of rotatable bonds is 7. The summed E-state index contributed by atoms with van der Waals surface area (Å²) in [6.45, 7) is 1.82. The molecule has 0 bridgehead atoms. The molecule has 8 heteroatoms. The SMILES string of the molecule is CCC(NS(=O)(=O)Cc1cccc(C(F)(F)F)c1)c1ccc(OC)cc1. The fraction of sp³-hybridized carbons (Fsp3) is 0.333. The first-order valence-corrected chi connectivity index (χ1v) is 9.60. The third kappa shape index (κ3) is 5.47. The van der Waals surface area contributed by atoms with E-state index in [4.69, 9.17) is 4.74 Å². The van der Waals surface area contributed by atoms with E-state index in [1.54, 1.807) is 24.3 Å². The van der Waals surface area contributed by atoms with Crippen LogP contribution in [0, 0.1) is 0 Å². The van der Waals surface area contributed by atoms with Gasteiger partial charge in [-0.15, -0.1) is 0 Å². The van der Waals surface area contributed by atoms with Crippen molar-refractivity contribution in [2.45, 2.75) is 31.3 Å². The highest BCUT2D eigenvalue weighted by Gasteiger charge is 2.30. The molecule has 0 heterocycles. The molecule has 0 saturated carbocycles. The highest BCUT2D eigenvalue weighted by atomic mass is 32.2. The number of methoxy groups -OCH3 is 1. The molecule has 2 aromatic carbocycles. The molecule has 0 aromatic heterocycles. The topological polar surface area (TPSA) is 55.4 Å². The second-order valence-corrected chi connectivity index (χ2v) is 7.56. The normalized spacial score (nSPS) is 13.4. The Morgan fingerprint density at radius 2 is 1.77 bits per heavy atom. The van der Waals surface area contributed by atoms with E-state index in [0.717, 1.165) is 17.7 Å². The fourth-order valence-electron chi connectivity index (χ4n) is 2.54. The Labute approximate surface area is 151 Å². The van der Waals surface area contributed by atoms with Gasteiger partial charge in [0.05, 0.1) is 18.4 Å². The van der Waals surface area contributed by atoms with Crippen LogP contribution in [0.3, 0.4) is 0 Å². The van der Waals surface area contributed by atoms with Crippen LogP contribution in [0.2, 0.25) is 0 Å². The number of hydrogen-bond acceptors (Lipinski definition) is 3. The standard InChI is InChI=1S/C18H20F3NO3S/c1-3-17(14-7-9-16(25-2)10-8-14)22-26(23,24)12-13-5-4-6-15(11-13)18(19,20)21/h4-11,17,22H,3,12H2,1-2H3. The zero-order valence-corrected chi connectivity index (χ0v) is 15.2. The van der Waals surface area contributed by atoms with Crippen molar-refractivity contribution in [2.75, 3.05) is 7.11 Å². The summed E-state index contributed by atoms with van der Waals surface area (Å²) in [6.07, 6.45) is -4.02. The van der Waals surface area contributed by atoms with E-state index in [1.165, 1.54) is 19.2 Å². The van der Waals surface area contributed by atoms with Gasteiger partial charge in [0.1, 0.15) is 5.75 Å². The van der Waals surface area contributed by atoms with Crippen molar-refractivity contribution in [1.82, 2.24) is 4.72 Å². The van der Waals surface area contributed by atoms with E-state index in [-0.39, 0.29) is 5.56 Å².